The van der Waals surface area contributed by atoms with Gasteiger partial charge in [-0.15, -0.1) is 0 Å². The highest BCUT2D eigenvalue weighted by atomic mass is 19.1. The van der Waals surface area contributed by atoms with Crippen molar-refractivity contribution in [2.45, 2.75) is 19.1 Å². The quantitative estimate of drug-likeness (QED) is 0.914. The van der Waals surface area contributed by atoms with Crippen LogP contribution in [0.2, 0.25) is 0 Å². The second-order valence-electron chi connectivity index (χ2n) is 5.45. The normalized spacial score (nSPS) is 15.4. The van der Waals surface area contributed by atoms with Crippen LogP contribution in [0, 0.1) is 17.1 Å². The van der Waals surface area contributed by atoms with Crippen LogP contribution in [0.5, 0.6) is 5.75 Å². The molecule has 1 unspecified atom stereocenters. The minimum atomic E-state index is -1.09. The summed E-state index contributed by atoms with van der Waals surface area (Å²) in [6.07, 6.45) is 0. The standard InChI is InChI=1S/C16H15FN4O3/c1-24-14-3-2-10(17)6-13(14)15(16(22)23)20-4-5-21-12(9-20)7-11(8-18)19-21/h2-3,6-7,15H,4-5,9H2,1H3,(H,22,23). The number of aliphatic carboxylic acids is 1. The van der Waals surface area contributed by atoms with E-state index in [-0.39, 0.29) is 5.56 Å². The molecule has 0 fully saturated rings. The van der Waals surface area contributed by atoms with E-state index in [4.69, 9.17) is 10.00 Å². The van der Waals surface area contributed by atoms with Gasteiger partial charge in [-0.05, 0) is 24.3 Å². The van der Waals surface area contributed by atoms with Gasteiger partial charge in [-0.25, -0.2) is 4.39 Å². The van der Waals surface area contributed by atoms with Crippen LogP contribution in [0.4, 0.5) is 4.39 Å². The van der Waals surface area contributed by atoms with Crippen molar-refractivity contribution in [3.05, 3.63) is 47.0 Å². The number of carboxylic acid groups (broad SMARTS) is 1. The van der Waals surface area contributed by atoms with Crippen LogP contribution in [0.15, 0.2) is 24.3 Å². The minimum Gasteiger partial charge on any atom is -0.496 e. The SMILES string of the molecule is COc1ccc(F)cc1C(C(=O)O)N1CCn2nc(C#N)cc2C1. The number of methoxy groups -OCH3 is 1. The van der Waals surface area contributed by atoms with Crippen LogP contribution >= 0.6 is 0 Å². The molecule has 0 amide bonds. The molecule has 0 bridgehead atoms. The smallest absolute Gasteiger partial charge is 0.325 e. The number of carboxylic acids is 1. The Labute approximate surface area is 137 Å². The lowest BCUT2D eigenvalue weighted by molar-refractivity contribution is -0.144. The summed E-state index contributed by atoms with van der Waals surface area (Å²) < 4.78 is 20.5. The Balaban J connectivity index is 1.97. The summed E-state index contributed by atoms with van der Waals surface area (Å²) >= 11 is 0. The highest BCUT2D eigenvalue weighted by Gasteiger charge is 2.33. The summed E-state index contributed by atoms with van der Waals surface area (Å²) in [7, 11) is 1.42. The Morgan fingerprint density at radius 2 is 2.25 bits per heavy atom. The van der Waals surface area contributed by atoms with Gasteiger partial charge in [0.05, 0.1) is 19.3 Å². The zero-order valence-corrected chi connectivity index (χ0v) is 12.9. The van der Waals surface area contributed by atoms with E-state index < -0.39 is 17.8 Å². The predicted molar refractivity (Wildman–Crippen MR) is 80.7 cm³/mol. The van der Waals surface area contributed by atoms with Crippen molar-refractivity contribution in [1.82, 2.24) is 14.7 Å². The minimum absolute atomic E-state index is 0.262. The van der Waals surface area contributed by atoms with Crippen LogP contribution in [0.25, 0.3) is 0 Å². The lowest BCUT2D eigenvalue weighted by atomic mass is 10.0. The van der Waals surface area contributed by atoms with Crippen LogP contribution in [0.1, 0.15) is 23.0 Å². The topological polar surface area (TPSA) is 91.4 Å². The summed E-state index contributed by atoms with van der Waals surface area (Å²) in [5.41, 5.74) is 1.31. The molecule has 0 spiro atoms. The summed E-state index contributed by atoms with van der Waals surface area (Å²) in [6, 6.07) is 6.39. The number of hydrogen-bond acceptors (Lipinski definition) is 5. The molecule has 0 saturated carbocycles. The number of aromatic nitrogens is 2. The van der Waals surface area contributed by atoms with E-state index in [0.29, 0.717) is 31.1 Å². The number of nitrogens with zero attached hydrogens (tertiary/aromatic N) is 4. The summed E-state index contributed by atoms with van der Waals surface area (Å²) in [5.74, 6) is -1.29. The molecular formula is C16H15FN4O3. The maximum atomic E-state index is 13.6. The Hall–Kier alpha value is -2.92. The molecule has 3 rings (SSSR count). The lowest BCUT2D eigenvalue weighted by Crippen LogP contribution is -2.40. The average molecular weight is 330 g/mol. The molecule has 24 heavy (non-hydrogen) atoms. The second-order valence-corrected chi connectivity index (χ2v) is 5.45. The van der Waals surface area contributed by atoms with Crippen molar-refractivity contribution < 1.29 is 19.0 Å². The number of halogens is 1. The zero-order chi connectivity index (χ0) is 17.3. The number of ether oxygens (including phenoxy) is 1. The Morgan fingerprint density at radius 1 is 1.46 bits per heavy atom. The van der Waals surface area contributed by atoms with Gasteiger partial charge in [0.25, 0.3) is 0 Å². The number of benzene rings is 1. The number of carbonyl (C=O) groups is 1. The summed E-state index contributed by atoms with van der Waals surface area (Å²) in [6.45, 7) is 1.17. The molecular weight excluding hydrogens is 315 g/mol. The molecule has 124 valence electrons. The fraction of sp³-hybridized carbons (Fsp3) is 0.312. The number of fused-ring (bicyclic) bond motifs is 1. The van der Waals surface area contributed by atoms with Gasteiger partial charge in [-0.2, -0.15) is 10.4 Å². The fourth-order valence-electron chi connectivity index (χ4n) is 2.97. The van der Waals surface area contributed by atoms with Crippen molar-refractivity contribution in [2.75, 3.05) is 13.7 Å². The van der Waals surface area contributed by atoms with Gasteiger partial charge in [0.15, 0.2) is 5.69 Å². The summed E-state index contributed by atoms with van der Waals surface area (Å²) in [4.78, 5) is 13.6. The zero-order valence-electron chi connectivity index (χ0n) is 12.9. The Kier molecular flexibility index (Phi) is 4.18. The molecule has 2 heterocycles. The monoisotopic (exact) mass is 330 g/mol. The third-order valence-corrected chi connectivity index (χ3v) is 4.03. The van der Waals surface area contributed by atoms with E-state index in [1.165, 1.54) is 25.3 Å². The van der Waals surface area contributed by atoms with Gasteiger partial charge < -0.3 is 9.84 Å². The first kappa shape index (κ1) is 16.0. The molecule has 1 N–H and O–H groups in total. The van der Waals surface area contributed by atoms with E-state index in [0.717, 1.165) is 5.69 Å². The van der Waals surface area contributed by atoms with Crippen LogP contribution in [0.3, 0.4) is 0 Å². The molecule has 1 aromatic heterocycles. The first-order valence-corrected chi connectivity index (χ1v) is 7.30. The van der Waals surface area contributed by atoms with E-state index in [1.54, 1.807) is 15.6 Å². The third-order valence-electron chi connectivity index (χ3n) is 4.03. The first-order valence-electron chi connectivity index (χ1n) is 7.30. The molecule has 0 aliphatic carbocycles. The Morgan fingerprint density at radius 3 is 2.92 bits per heavy atom. The van der Waals surface area contributed by atoms with Crippen molar-refractivity contribution >= 4 is 5.97 Å². The van der Waals surface area contributed by atoms with Crippen molar-refractivity contribution in [3.8, 4) is 11.8 Å². The van der Waals surface area contributed by atoms with E-state index in [2.05, 4.69) is 5.10 Å². The van der Waals surface area contributed by atoms with Gasteiger partial charge in [-0.1, -0.05) is 0 Å². The van der Waals surface area contributed by atoms with Crippen LogP contribution in [-0.2, 0) is 17.9 Å². The van der Waals surface area contributed by atoms with Crippen LogP contribution < -0.4 is 4.74 Å². The molecule has 0 radical (unpaired) electrons. The molecule has 2 aromatic rings. The van der Waals surface area contributed by atoms with Gasteiger partial charge in [0.2, 0.25) is 0 Å². The van der Waals surface area contributed by atoms with Gasteiger partial charge in [0, 0.05) is 18.7 Å². The average Bonchev–Trinajstić information content (AvgIpc) is 2.97. The van der Waals surface area contributed by atoms with Gasteiger partial charge >= 0.3 is 5.97 Å². The van der Waals surface area contributed by atoms with Crippen molar-refractivity contribution in [3.63, 3.8) is 0 Å². The van der Waals surface area contributed by atoms with Gasteiger partial charge in [0.1, 0.15) is 23.7 Å². The number of hydrogen-bond donors (Lipinski definition) is 1. The maximum Gasteiger partial charge on any atom is 0.325 e. The fourth-order valence-corrected chi connectivity index (χ4v) is 2.97. The highest BCUT2D eigenvalue weighted by Crippen LogP contribution is 2.32. The molecule has 7 nitrogen and oxygen atoms in total. The molecule has 1 aliphatic heterocycles. The van der Waals surface area contributed by atoms with E-state index in [1.807, 2.05) is 6.07 Å². The Bertz CT molecular complexity index is 827. The van der Waals surface area contributed by atoms with E-state index in [9.17, 15) is 14.3 Å². The first-order chi connectivity index (χ1) is 11.5. The van der Waals surface area contributed by atoms with Crippen LogP contribution in [-0.4, -0.2) is 39.4 Å². The number of rotatable bonds is 4. The van der Waals surface area contributed by atoms with Crippen molar-refractivity contribution in [2.24, 2.45) is 0 Å². The van der Waals surface area contributed by atoms with Crippen molar-refractivity contribution in [1.29, 1.82) is 5.26 Å². The van der Waals surface area contributed by atoms with E-state index >= 15 is 0 Å². The van der Waals surface area contributed by atoms with Gasteiger partial charge in [-0.3, -0.25) is 14.4 Å². The maximum absolute atomic E-state index is 13.6. The molecule has 0 saturated heterocycles. The lowest BCUT2D eigenvalue weighted by Gasteiger charge is -2.33. The third kappa shape index (κ3) is 2.81. The molecule has 1 aliphatic rings. The predicted octanol–water partition coefficient (Wildman–Crippen LogP) is 1.54. The highest BCUT2D eigenvalue weighted by molar-refractivity contribution is 5.76. The largest absolute Gasteiger partial charge is 0.496 e. The number of nitriles is 1. The molecule has 1 aromatic carbocycles. The summed E-state index contributed by atoms with van der Waals surface area (Å²) in [5, 5.41) is 22.8. The molecule has 1 atom stereocenters. The second kappa shape index (κ2) is 6.29. The molecule has 8 heteroatoms.